The van der Waals surface area contributed by atoms with E-state index in [1.165, 1.54) is 0 Å². The fourth-order valence-corrected chi connectivity index (χ4v) is 4.88. The molecule has 2 aromatic rings. The summed E-state index contributed by atoms with van der Waals surface area (Å²) in [5.74, 6) is 0.230. The molecule has 0 spiro atoms. The zero-order valence-electron chi connectivity index (χ0n) is 19.6. The number of amides is 1. The minimum absolute atomic E-state index is 0.118. The predicted molar refractivity (Wildman–Crippen MR) is 131 cm³/mol. The number of benzene rings is 2. The first-order chi connectivity index (χ1) is 16.5. The molecular weight excluding hydrogens is 454 g/mol. The average molecular weight is 484 g/mol. The number of nitrogens with zero attached hydrogens (tertiary/aromatic N) is 3. The third kappa shape index (κ3) is 5.42. The highest BCUT2D eigenvalue weighted by molar-refractivity contribution is 6.31. The molecule has 0 bridgehead atoms. The molecule has 2 heterocycles. The summed E-state index contributed by atoms with van der Waals surface area (Å²) >= 11 is 6.52. The van der Waals surface area contributed by atoms with E-state index in [0.717, 1.165) is 42.0 Å². The van der Waals surface area contributed by atoms with Gasteiger partial charge in [-0.25, -0.2) is 5.01 Å². The van der Waals surface area contributed by atoms with Gasteiger partial charge in [0.25, 0.3) is 5.91 Å². The van der Waals surface area contributed by atoms with Gasteiger partial charge in [0.05, 0.1) is 37.9 Å². The molecule has 0 radical (unpaired) electrons. The van der Waals surface area contributed by atoms with Gasteiger partial charge in [-0.05, 0) is 50.1 Å². The third-order valence-electron chi connectivity index (χ3n) is 6.32. The maximum absolute atomic E-state index is 13.5. The number of carbonyl (C=O) groups excluding carboxylic acids is 2. The summed E-state index contributed by atoms with van der Waals surface area (Å²) in [5.41, 5.74) is 2.58. The molecule has 0 aliphatic carbocycles. The zero-order chi connectivity index (χ0) is 24.1. The number of hydrogen-bond acceptors (Lipinski definition) is 6. The van der Waals surface area contributed by atoms with Gasteiger partial charge < -0.3 is 9.47 Å². The van der Waals surface area contributed by atoms with Crippen LogP contribution in [-0.2, 0) is 14.3 Å². The highest BCUT2D eigenvalue weighted by Gasteiger charge is 2.36. The van der Waals surface area contributed by atoms with Crippen molar-refractivity contribution in [3.05, 3.63) is 64.7 Å². The second-order valence-corrected chi connectivity index (χ2v) is 8.99. The van der Waals surface area contributed by atoms with Crippen molar-refractivity contribution in [3.8, 4) is 5.75 Å². The minimum Gasteiger partial charge on any atom is -0.497 e. The molecule has 8 heteroatoms. The minimum atomic E-state index is -0.298. The van der Waals surface area contributed by atoms with Crippen molar-refractivity contribution in [2.75, 3.05) is 33.4 Å². The van der Waals surface area contributed by atoms with Crippen LogP contribution in [0.3, 0.4) is 0 Å². The van der Waals surface area contributed by atoms with Crippen LogP contribution in [0.5, 0.6) is 5.75 Å². The molecule has 1 fully saturated rings. The number of ether oxygens (including phenoxy) is 2. The van der Waals surface area contributed by atoms with E-state index in [4.69, 9.17) is 26.2 Å². The van der Waals surface area contributed by atoms with Gasteiger partial charge >= 0.3 is 5.97 Å². The summed E-state index contributed by atoms with van der Waals surface area (Å²) in [6.45, 7) is 3.64. The Morgan fingerprint density at radius 2 is 2.00 bits per heavy atom. The Hall–Kier alpha value is -2.90. The number of likely N-dealkylation sites (tertiary alicyclic amines) is 1. The van der Waals surface area contributed by atoms with E-state index in [1.54, 1.807) is 12.1 Å². The van der Waals surface area contributed by atoms with Gasteiger partial charge in [-0.1, -0.05) is 41.9 Å². The van der Waals surface area contributed by atoms with Crippen LogP contribution < -0.4 is 4.74 Å². The highest BCUT2D eigenvalue weighted by atomic mass is 35.5. The molecule has 0 aromatic heterocycles. The number of hydrazone groups is 1. The summed E-state index contributed by atoms with van der Waals surface area (Å²) < 4.78 is 10.6. The van der Waals surface area contributed by atoms with E-state index in [9.17, 15) is 9.59 Å². The second kappa shape index (κ2) is 11.0. The smallest absolute Gasteiger partial charge is 0.310 e. The van der Waals surface area contributed by atoms with Crippen molar-refractivity contribution in [2.24, 2.45) is 11.0 Å². The van der Waals surface area contributed by atoms with Gasteiger partial charge in [0.15, 0.2) is 0 Å². The number of rotatable bonds is 7. The van der Waals surface area contributed by atoms with Gasteiger partial charge in [0, 0.05) is 23.6 Å². The molecule has 4 rings (SSSR count). The molecule has 2 aromatic carbocycles. The summed E-state index contributed by atoms with van der Waals surface area (Å²) in [7, 11) is 1.63. The number of carbonyl (C=O) groups is 2. The third-order valence-corrected chi connectivity index (χ3v) is 6.66. The molecule has 2 aliphatic rings. The molecule has 1 saturated heterocycles. The largest absolute Gasteiger partial charge is 0.497 e. The summed E-state index contributed by atoms with van der Waals surface area (Å²) in [5, 5.41) is 6.91. The number of piperidine rings is 1. The van der Waals surface area contributed by atoms with E-state index >= 15 is 0 Å². The maximum Gasteiger partial charge on any atom is 0.310 e. The normalized spacial score (nSPS) is 20.7. The molecule has 0 N–H and O–H groups in total. The number of methoxy groups -OCH3 is 1. The van der Waals surface area contributed by atoms with Crippen molar-refractivity contribution >= 4 is 29.2 Å². The lowest BCUT2D eigenvalue weighted by molar-refractivity contribution is -0.150. The van der Waals surface area contributed by atoms with E-state index in [-0.39, 0.29) is 30.4 Å². The summed E-state index contributed by atoms with van der Waals surface area (Å²) in [6, 6.07) is 14.9. The Morgan fingerprint density at radius 1 is 1.18 bits per heavy atom. The van der Waals surface area contributed by atoms with Crippen molar-refractivity contribution in [1.82, 2.24) is 9.91 Å². The Labute approximate surface area is 205 Å². The van der Waals surface area contributed by atoms with Crippen LogP contribution >= 0.6 is 11.6 Å². The molecular formula is C26H30ClN3O4. The van der Waals surface area contributed by atoms with E-state index < -0.39 is 0 Å². The van der Waals surface area contributed by atoms with Crippen LogP contribution in [-0.4, -0.2) is 60.8 Å². The Bertz CT molecular complexity index is 1070. The fourth-order valence-electron chi connectivity index (χ4n) is 4.62. The fraction of sp³-hybridized carbons (Fsp3) is 0.423. The second-order valence-electron chi connectivity index (χ2n) is 8.58. The first-order valence-electron chi connectivity index (χ1n) is 11.7. The molecule has 2 atom stereocenters. The van der Waals surface area contributed by atoms with Crippen LogP contribution in [0.1, 0.15) is 43.4 Å². The predicted octanol–water partition coefficient (Wildman–Crippen LogP) is 4.30. The van der Waals surface area contributed by atoms with Gasteiger partial charge in [-0.3, -0.25) is 14.5 Å². The van der Waals surface area contributed by atoms with Gasteiger partial charge in [0.2, 0.25) is 0 Å². The molecule has 180 valence electrons. The molecule has 1 amide bonds. The Morgan fingerprint density at radius 3 is 2.76 bits per heavy atom. The Kier molecular flexibility index (Phi) is 7.85. The monoisotopic (exact) mass is 483 g/mol. The van der Waals surface area contributed by atoms with Gasteiger partial charge in [-0.2, -0.15) is 5.10 Å². The van der Waals surface area contributed by atoms with E-state index in [1.807, 2.05) is 60.4 Å². The number of halogens is 1. The molecule has 7 nitrogen and oxygen atoms in total. The van der Waals surface area contributed by atoms with Crippen LogP contribution in [0.2, 0.25) is 5.02 Å². The average Bonchev–Trinajstić information content (AvgIpc) is 3.30. The number of esters is 1. The van der Waals surface area contributed by atoms with Gasteiger partial charge in [-0.15, -0.1) is 0 Å². The first kappa shape index (κ1) is 24.2. The summed E-state index contributed by atoms with van der Waals surface area (Å²) in [6.07, 6.45) is 2.19. The van der Waals surface area contributed by atoms with Crippen LogP contribution in [0, 0.1) is 5.92 Å². The zero-order valence-corrected chi connectivity index (χ0v) is 20.3. The van der Waals surface area contributed by atoms with Crippen molar-refractivity contribution < 1.29 is 19.1 Å². The van der Waals surface area contributed by atoms with Gasteiger partial charge in [0.1, 0.15) is 5.75 Å². The summed E-state index contributed by atoms with van der Waals surface area (Å²) in [4.78, 5) is 27.7. The lowest BCUT2D eigenvalue weighted by Crippen LogP contribution is -2.44. The van der Waals surface area contributed by atoms with Crippen molar-refractivity contribution in [3.63, 3.8) is 0 Å². The maximum atomic E-state index is 13.5. The standard InChI is InChI=1S/C26H30ClN3O4/c1-3-34-26(32)19-9-7-13-29(16-19)17-25(31)30-24(21-11-4-5-12-22(21)27)15-23(28-30)18-8-6-10-20(14-18)33-2/h4-6,8,10-12,14,19,24H,3,7,9,13,15-17H2,1-2H3/t19-,24+/m0/s1. The van der Waals surface area contributed by atoms with Crippen LogP contribution in [0.25, 0.3) is 0 Å². The lowest BCUT2D eigenvalue weighted by atomic mass is 9.97. The highest BCUT2D eigenvalue weighted by Crippen LogP contribution is 2.37. The molecule has 0 unspecified atom stereocenters. The van der Waals surface area contributed by atoms with Crippen LogP contribution in [0.4, 0.5) is 0 Å². The Balaban J connectivity index is 1.56. The molecule has 0 saturated carbocycles. The van der Waals surface area contributed by atoms with Crippen molar-refractivity contribution in [2.45, 2.75) is 32.2 Å². The molecule has 34 heavy (non-hydrogen) atoms. The molecule has 2 aliphatic heterocycles. The lowest BCUT2D eigenvalue weighted by Gasteiger charge is -2.32. The van der Waals surface area contributed by atoms with E-state index in [2.05, 4.69) is 0 Å². The number of hydrogen-bond donors (Lipinski definition) is 0. The van der Waals surface area contributed by atoms with Crippen molar-refractivity contribution in [1.29, 1.82) is 0 Å². The van der Waals surface area contributed by atoms with E-state index in [0.29, 0.717) is 24.6 Å². The SMILES string of the molecule is CCOC(=O)[C@H]1CCCN(CC(=O)N2N=C(c3cccc(OC)c3)C[C@@H]2c2ccccc2Cl)C1. The first-order valence-corrected chi connectivity index (χ1v) is 12.0. The quantitative estimate of drug-likeness (QED) is 0.549. The topological polar surface area (TPSA) is 71.4 Å². The van der Waals surface area contributed by atoms with Crippen LogP contribution in [0.15, 0.2) is 53.6 Å².